The Hall–Kier alpha value is -2.34. The molecule has 6 nitrogen and oxygen atoms in total. The summed E-state index contributed by atoms with van der Waals surface area (Å²) in [5.41, 5.74) is 0.0322. The second kappa shape index (κ2) is 6.83. The Labute approximate surface area is 133 Å². The minimum absolute atomic E-state index is 0.0403. The van der Waals surface area contributed by atoms with Gasteiger partial charge in [-0.1, -0.05) is 0 Å². The van der Waals surface area contributed by atoms with E-state index in [1.54, 1.807) is 29.2 Å². The van der Waals surface area contributed by atoms with E-state index in [0.717, 1.165) is 11.8 Å². The van der Waals surface area contributed by atoms with Crippen molar-refractivity contribution in [1.82, 2.24) is 4.90 Å². The van der Waals surface area contributed by atoms with E-state index in [1.807, 2.05) is 6.92 Å². The highest BCUT2D eigenvalue weighted by Crippen LogP contribution is 2.20. The van der Waals surface area contributed by atoms with Gasteiger partial charge in [0.05, 0.1) is 6.10 Å². The first-order chi connectivity index (χ1) is 11.2. The molecule has 0 spiro atoms. The molecule has 1 atom stereocenters. The molecule has 0 N–H and O–H groups in total. The molecule has 0 bridgehead atoms. The van der Waals surface area contributed by atoms with Crippen molar-refractivity contribution in [3.8, 4) is 5.75 Å². The summed E-state index contributed by atoms with van der Waals surface area (Å²) in [6.45, 7) is 3.88. The van der Waals surface area contributed by atoms with E-state index >= 15 is 0 Å². The third-order valence-corrected chi connectivity index (χ3v) is 3.86. The monoisotopic (exact) mass is 317 g/mol. The van der Waals surface area contributed by atoms with Crippen molar-refractivity contribution in [3.05, 3.63) is 40.8 Å². The number of benzene rings is 1. The van der Waals surface area contributed by atoms with Crippen LogP contribution in [0.25, 0.3) is 11.0 Å². The lowest BCUT2D eigenvalue weighted by Crippen LogP contribution is -2.34. The average Bonchev–Trinajstić information content (AvgIpc) is 3.01. The van der Waals surface area contributed by atoms with Crippen LogP contribution < -0.4 is 10.4 Å². The lowest BCUT2D eigenvalue weighted by Gasteiger charge is -2.16. The van der Waals surface area contributed by atoms with E-state index in [2.05, 4.69) is 0 Å². The number of fused-ring (bicyclic) bond motifs is 1. The highest BCUT2D eigenvalue weighted by Gasteiger charge is 2.26. The minimum atomic E-state index is -0.412. The van der Waals surface area contributed by atoms with E-state index in [4.69, 9.17) is 13.9 Å². The van der Waals surface area contributed by atoms with Gasteiger partial charge < -0.3 is 18.8 Å². The summed E-state index contributed by atoms with van der Waals surface area (Å²) in [6.07, 6.45) is 0.986. The van der Waals surface area contributed by atoms with E-state index in [9.17, 15) is 9.59 Å². The molecule has 1 aromatic carbocycles. The Bertz CT molecular complexity index is 754. The molecule has 1 fully saturated rings. The summed E-state index contributed by atoms with van der Waals surface area (Å²) in [7, 11) is 0. The fraction of sp³-hybridized carbons (Fsp3) is 0.412. The molecule has 23 heavy (non-hydrogen) atoms. The maximum Gasteiger partial charge on any atom is 0.336 e. The number of nitrogens with zero attached hydrogens (tertiary/aromatic N) is 1. The third-order valence-electron chi connectivity index (χ3n) is 3.86. The van der Waals surface area contributed by atoms with E-state index in [0.29, 0.717) is 31.0 Å². The fourth-order valence-corrected chi connectivity index (χ4v) is 2.69. The minimum Gasteiger partial charge on any atom is -0.484 e. The third kappa shape index (κ3) is 3.71. The van der Waals surface area contributed by atoms with Crippen molar-refractivity contribution < 1.29 is 18.7 Å². The zero-order valence-corrected chi connectivity index (χ0v) is 13.0. The first kappa shape index (κ1) is 15.6. The summed E-state index contributed by atoms with van der Waals surface area (Å²) >= 11 is 0. The standard InChI is InChI=1S/C17H19NO5/c1-2-21-14-7-8-18(10-14)16(19)11-22-13-5-3-12-4-6-17(20)23-15(12)9-13/h3-6,9,14H,2,7-8,10-11H2,1H3. The quantitative estimate of drug-likeness (QED) is 0.787. The zero-order valence-electron chi connectivity index (χ0n) is 13.0. The van der Waals surface area contributed by atoms with Gasteiger partial charge in [-0.15, -0.1) is 0 Å². The number of likely N-dealkylation sites (tertiary alicyclic amines) is 1. The second-order valence-corrected chi connectivity index (χ2v) is 5.45. The Morgan fingerprint density at radius 1 is 1.35 bits per heavy atom. The molecule has 1 unspecified atom stereocenters. The van der Waals surface area contributed by atoms with Gasteiger partial charge in [-0.25, -0.2) is 4.79 Å². The van der Waals surface area contributed by atoms with Crippen LogP contribution in [-0.4, -0.2) is 43.2 Å². The van der Waals surface area contributed by atoms with Crippen LogP contribution in [0.15, 0.2) is 39.5 Å². The van der Waals surface area contributed by atoms with Crippen molar-refractivity contribution in [2.24, 2.45) is 0 Å². The van der Waals surface area contributed by atoms with Crippen LogP contribution in [0.4, 0.5) is 0 Å². The SMILES string of the molecule is CCOC1CCN(C(=O)COc2ccc3ccc(=O)oc3c2)C1. The van der Waals surface area contributed by atoms with Gasteiger partial charge in [-0.2, -0.15) is 0 Å². The fourth-order valence-electron chi connectivity index (χ4n) is 2.69. The Morgan fingerprint density at radius 3 is 3.00 bits per heavy atom. The smallest absolute Gasteiger partial charge is 0.336 e. The highest BCUT2D eigenvalue weighted by molar-refractivity contribution is 5.79. The number of hydrogen-bond donors (Lipinski definition) is 0. The number of carbonyl (C=O) groups is 1. The maximum atomic E-state index is 12.2. The largest absolute Gasteiger partial charge is 0.484 e. The summed E-state index contributed by atoms with van der Waals surface area (Å²) in [5.74, 6) is 0.433. The van der Waals surface area contributed by atoms with Gasteiger partial charge >= 0.3 is 5.63 Å². The van der Waals surface area contributed by atoms with Crippen LogP contribution >= 0.6 is 0 Å². The zero-order chi connectivity index (χ0) is 16.2. The number of amides is 1. The van der Waals surface area contributed by atoms with Crippen molar-refractivity contribution in [2.75, 3.05) is 26.3 Å². The molecule has 0 saturated carbocycles. The first-order valence-electron chi connectivity index (χ1n) is 7.72. The molecule has 3 rings (SSSR count). The molecule has 6 heteroatoms. The highest BCUT2D eigenvalue weighted by atomic mass is 16.5. The number of ether oxygens (including phenoxy) is 2. The lowest BCUT2D eigenvalue weighted by atomic mass is 10.2. The van der Waals surface area contributed by atoms with Crippen molar-refractivity contribution >= 4 is 16.9 Å². The topological polar surface area (TPSA) is 69.0 Å². The molecule has 122 valence electrons. The Morgan fingerprint density at radius 2 is 2.17 bits per heavy atom. The normalized spacial score (nSPS) is 17.6. The molecule has 1 aliphatic heterocycles. The Balaban J connectivity index is 1.60. The average molecular weight is 317 g/mol. The van der Waals surface area contributed by atoms with Crippen LogP contribution in [-0.2, 0) is 9.53 Å². The summed E-state index contributed by atoms with van der Waals surface area (Å²) in [4.78, 5) is 25.1. The number of carbonyl (C=O) groups excluding carboxylic acids is 1. The van der Waals surface area contributed by atoms with Crippen LogP contribution in [0, 0.1) is 0 Å². The van der Waals surface area contributed by atoms with Crippen molar-refractivity contribution in [1.29, 1.82) is 0 Å². The van der Waals surface area contributed by atoms with Crippen molar-refractivity contribution in [2.45, 2.75) is 19.4 Å². The van der Waals surface area contributed by atoms with E-state index in [-0.39, 0.29) is 18.6 Å². The molecule has 1 aliphatic rings. The van der Waals surface area contributed by atoms with Gasteiger partial charge in [0, 0.05) is 37.2 Å². The number of hydrogen-bond acceptors (Lipinski definition) is 5. The molecular weight excluding hydrogens is 298 g/mol. The van der Waals surface area contributed by atoms with Gasteiger partial charge in [0.25, 0.3) is 5.91 Å². The predicted molar refractivity (Wildman–Crippen MR) is 84.6 cm³/mol. The summed E-state index contributed by atoms with van der Waals surface area (Å²) in [6, 6.07) is 8.22. The van der Waals surface area contributed by atoms with Crippen molar-refractivity contribution in [3.63, 3.8) is 0 Å². The molecule has 1 aromatic heterocycles. The van der Waals surface area contributed by atoms with Crippen LogP contribution in [0.1, 0.15) is 13.3 Å². The summed E-state index contributed by atoms with van der Waals surface area (Å²) in [5, 5.41) is 0.808. The number of rotatable bonds is 5. The molecule has 2 heterocycles. The van der Waals surface area contributed by atoms with Gasteiger partial charge in [0.2, 0.25) is 0 Å². The molecular formula is C17H19NO5. The van der Waals surface area contributed by atoms with Crippen LogP contribution in [0.2, 0.25) is 0 Å². The second-order valence-electron chi connectivity index (χ2n) is 5.45. The van der Waals surface area contributed by atoms with Crippen LogP contribution in [0.3, 0.4) is 0 Å². The molecule has 1 saturated heterocycles. The van der Waals surface area contributed by atoms with Gasteiger partial charge in [-0.05, 0) is 31.5 Å². The molecule has 0 aliphatic carbocycles. The predicted octanol–water partition coefficient (Wildman–Crippen LogP) is 1.81. The molecule has 1 amide bonds. The summed E-state index contributed by atoms with van der Waals surface area (Å²) < 4.78 is 16.2. The van der Waals surface area contributed by atoms with Gasteiger partial charge in [0.1, 0.15) is 11.3 Å². The molecule has 0 radical (unpaired) electrons. The van der Waals surface area contributed by atoms with Gasteiger partial charge in [0.15, 0.2) is 6.61 Å². The molecule has 2 aromatic rings. The van der Waals surface area contributed by atoms with E-state index in [1.165, 1.54) is 6.07 Å². The lowest BCUT2D eigenvalue weighted by molar-refractivity contribution is -0.132. The first-order valence-corrected chi connectivity index (χ1v) is 7.72. The Kier molecular flexibility index (Phi) is 4.62. The van der Waals surface area contributed by atoms with Gasteiger partial charge in [-0.3, -0.25) is 4.79 Å². The van der Waals surface area contributed by atoms with Crippen LogP contribution in [0.5, 0.6) is 5.75 Å². The van der Waals surface area contributed by atoms with E-state index < -0.39 is 5.63 Å². The maximum absolute atomic E-state index is 12.2.